The number of thiophene rings is 1. The average molecular weight is 266 g/mol. The SMILES string of the molecule is COC[C@H](C)OC(=O)c1sccc1OC(F)F. The molecule has 0 amide bonds. The summed E-state index contributed by atoms with van der Waals surface area (Å²) in [5, 5.41) is 1.48. The Morgan fingerprint density at radius 3 is 2.82 bits per heavy atom. The molecule has 1 atom stereocenters. The molecule has 0 saturated carbocycles. The van der Waals surface area contributed by atoms with Gasteiger partial charge in [-0.05, 0) is 18.4 Å². The average Bonchev–Trinajstić information content (AvgIpc) is 2.65. The Hall–Kier alpha value is -1.21. The third-order valence-corrected chi connectivity index (χ3v) is 2.62. The van der Waals surface area contributed by atoms with Crippen LogP contribution in [0, 0.1) is 0 Å². The largest absolute Gasteiger partial charge is 0.456 e. The normalized spacial score (nSPS) is 12.5. The molecule has 0 aliphatic rings. The van der Waals surface area contributed by atoms with Crippen LogP contribution in [0.3, 0.4) is 0 Å². The standard InChI is InChI=1S/C10H12F2O4S/c1-6(5-14-2)15-9(13)8-7(3-4-17-8)16-10(11)12/h3-4,6,10H,5H2,1-2H3/t6-/m0/s1. The van der Waals surface area contributed by atoms with Gasteiger partial charge in [-0.25, -0.2) is 4.79 Å². The van der Waals surface area contributed by atoms with Crippen molar-refractivity contribution in [3.8, 4) is 5.75 Å². The molecule has 17 heavy (non-hydrogen) atoms. The Kier molecular flexibility index (Phi) is 5.30. The minimum Gasteiger partial charge on any atom is -0.456 e. The second-order valence-corrected chi connectivity index (χ2v) is 4.08. The smallest absolute Gasteiger partial charge is 0.387 e. The predicted molar refractivity (Wildman–Crippen MR) is 57.7 cm³/mol. The van der Waals surface area contributed by atoms with Crippen molar-refractivity contribution in [3.05, 3.63) is 16.3 Å². The molecule has 0 bridgehead atoms. The molecule has 7 heteroatoms. The Bertz CT molecular complexity index is 367. The summed E-state index contributed by atoms with van der Waals surface area (Å²) in [5.41, 5.74) is 0. The van der Waals surface area contributed by atoms with E-state index in [2.05, 4.69) is 4.74 Å². The van der Waals surface area contributed by atoms with Gasteiger partial charge in [0.15, 0.2) is 10.6 Å². The van der Waals surface area contributed by atoms with E-state index < -0.39 is 18.7 Å². The second-order valence-electron chi connectivity index (χ2n) is 3.16. The van der Waals surface area contributed by atoms with Crippen LogP contribution < -0.4 is 4.74 Å². The minimum atomic E-state index is -2.97. The molecule has 1 rings (SSSR count). The Morgan fingerprint density at radius 2 is 2.24 bits per heavy atom. The van der Waals surface area contributed by atoms with Gasteiger partial charge < -0.3 is 14.2 Å². The van der Waals surface area contributed by atoms with Gasteiger partial charge in [0.1, 0.15) is 6.10 Å². The summed E-state index contributed by atoms with van der Waals surface area (Å²) in [7, 11) is 1.47. The van der Waals surface area contributed by atoms with Crippen molar-refractivity contribution in [2.24, 2.45) is 0 Å². The summed E-state index contributed by atoms with van der Waals surface area (Å²) in [5.74, 6) is -0.861. The highest BCUT2D eigenvalue weighted by Gasteiger charge is 2.20. The molecule has 0 saturated heterocycles. The van der Waals surface area contributed by atoms with Crippen molar-refractivity contribution in [2.45, 2.75) is 19.6 Å². The lowest BCUT2D eigenvalue weighted by Gasteiger charge is -2.12. The van der Waals surface area contributed by atoms with E-state index >= 15 is 0 Å². The number of halogens is 2. The van der Waals surface area contributed by atoms with Crippen molar-refractivity contribution < 1.29 is 27.8 Å². The van der Waals surface area contributed by atoms with E-state index in [4.69, 9.17) is 9.47 Å². The Morgan fingerprint density at radius 1 is 1.53 bits per heavy atom. The first-order valence-electron chi connectivity index (χ1n) is 4.76. The van der Waals surface area contributed by atoms with Gasteiger partial charge in [0.25, 0.3) is 0 Å². The van der Waals surface area contributed by atoms with Crippen molar-refractivity contribution in [1.29, 1.82) is 0 Å². The molecule has 0 radical (unpaired) electrons. The number of rotatable bonds is 6. The van der Waals surface area contributed by atoms with Gasteiger partial charge in [-0.3, -0.25) is 0 Å². The number of alkyl halides is 2. The summed E-state index contributed by atoms with van der Waals surface area (Å²) in [6.45, 7) is -1.09. The molecule has 1 aromatic rings. The summed E-state index contributed by atoms with van der Waals surface area (Å²) >= 11 is 0.986. The molecule has 0 aliphatic carbocycles. The fraction of sp³-hybridized carbons (Fsp3) is 0.500. The zero-order valence-electron chi connectivity index (χ0n) is 9.31. The molecule has 1 heterocycles. The van der Waals surface area contributed by atoms with Gasteiger partial charge in [0.05, 0.1) is 6.61 Å². The number of carbonyl (C=O) groups excluding carboxylic acids is 1. The van der Waals surface area contributed by atoms with Crippen molar-refractivity contribution in [2.75, 3.05) is 13.7 Å². The van der Waals surface area contributed by atoms with Crippen molar-refractivity contribution in [1.82, 2.24) is 0 Å². The van der Waals surface area contributed by atoms with E-state index in [1.54, 1.807) is 6.92 Å². The fourth-order valence-corrected chi connectivity index (χ4v) is 1.84. The second kappa shape index (κ2) is 6.51. The molecular weight excluding hydrogens is 254 g/mol. The van der Waals surface area contributed by atoms with E-state index in [1.807, 2.05) is 0 Å². The van der Waals surface area contributed by atoms with Crippen LogP contribution >= 0.6 is 11.3 Å². The lowest BCUT2D eigenvalue weighted by atomic mass is 10.4. The molecule has 4 nitrogen and oxygen atoms in total. The van der Waals surface area contributed by atoms with E-state index in [9.17, 15) is 13.6 Å². The maximum Gasteiger partial charge on any atom is 0.387 e. The molecule has 0 fully saturated rings. The van der Waals surface area contributed by atoms with E-state index in [0.717, 1.165) is 11.3 Å². The van der Waals surface area contributed by atoms with Gasteiger partial charge in [0, 0.05) is 7.11 Å². The molecular formula is C10H12F2O4S. The molecule has 1 aromatic heterocycles. The molecule has 0 N–H and O–H groups in total. The highest BCUT2D eigenvalue weighted by molar-refractivity contribution is 7.12. The number of esters is 1. The van der Waals surface area contributed by atoms with Crippen LogP contribution in [0.15, 0.2) is 11.4 Å². The molecule has 0 spiro atoms. The summed E-state index contributed by atoms with van der Waals surface area (Å²) < 4.78 is 38.0. The highest BCUT2D eigenvalue weighted by Crippen LogP contribution is 2.27. The van der Waals surface area contributed by atoms with Gasteiger partial charge in [-0.1, -0.05) is 0 Å². The van der Waals surface area contributed by atoms with Crippen LogP contribution in [0.4, 0.5) is 8.78 Å². The first kappa shape index (κ1) is 13.9. The number of methoxy groups -OCH3 is 1. The number of hydrogen-bond donors (Lipinski definition) is 0. The minimum absolute atomic E-state index is 0.0215. The fourth-order valence-electron chi connectivity index (χ4n) is 1.14. The molecule has 0 unspecified atom stereocenters. The van der Waals surface area contributed by atoms with Crippen LogP contribution in [0.5, 0.6) is 5.75 Å². The maximum absolute atomic E-state index is 12.0. The first-order valence-corrected chi connectivity index (χ1v) is 5.64. The summed E-state index contributed by atoms with van der Waals surface area (Å²) in [4.78, 5) is 11.6. The first-order chi connectivity index (χ1) is 8.04. The highest BCUT2D eigenvalue weighted by atomic mass is 32.1. The van der Waals surface area contributed by atoms with Crippen LogP contribution in [-0.2, 0) is 9.47 Å². The monoisotopic (exact) mass is 266 g/mol. The third-order valence-electron chi connectivity index (χ3n) is 1.74. The van der Waals surface area contributed by atoms with Crippen molar-refractivity contribution >= 4 is 17.3 Å². The quantitative estimate of drug-likeness (QED) is 0.742. The topological polar surface area (TPSA) is 44.8 Å². The lowest BCUT2D eigenvalue weighted by molar-refractivity contribution is -0.0503. The number of carbonyl (C=O) groups is 1. The number of ether oxygens (including phenoxy) is 3. The zero-order chi connectivity index (χ0) is 12.8. The van der Waals surface area contributed by atoms with Crippen LogP contribution in [0.2, 0.25) is 0 Å². The third kappa shape index (κ3) is 4.27. The zero-order valence-corrected chi connectivity index (χ0v) is 10.1. The number of hydrogen-bond acceptors (Lipinski definition) is 5. The summed E-state index contributed by atoms with van der Waals surface area (Å²) in [6, 6.07) is 1.30. The molecule has 0 aliphatic heterocycles. The van der Waals surface area contributed by atoms with Crippen molar-refractivity contribution in [3.63, 3.8) is 0 Å². The predicted octanol–water partition coefficient (Wildman–Crippen LogP) is 2.54. The van der Waals surface area contributed by atoms with Gasteiger partial charge in [-0.2, -0.15) is 8.78 Å². The Balaban J connectivity index is 2.65. The van der Waals surface area contributed by atoms with Crippen LogP contribution in [0.1, 0.15) is 16.6 Å². The maximum atomic E-state index is 12.0. The Labute approximate surface area is 101 Å². The van der Waals surface area contributed by atoms with E-state index in [-0.39, 0.29) is 17.2 Å². The van der Waals surface area contributed by atoms with Gasteiger partial charge in [0.2, 0.25) is 0 Å². The van der Waals surface area contributed by atoms with E-state index in [0.29, 0.717) is 0 Å². The molecule has 96 valence electrons. The van der Waals surface area contributed by atoms with Gasteiger partial charge in [-0.15, -0.1) is 11.3 Å². The molecule has 0 aromatic carbocycles. The van der Waals surface area contributed by atoms with Crippen LogP contribution in [-0.4, -0.2) is 32.4 Å². The summed E-state index contributed by atoms with van der Waals surface area (Å²) in [6.07, 6.45) is -0.450. The lowest BCUT2D eigenvalue weighted by Crippen LogP contribution is -2.19. The van der Waals surface area contributed by atoms with Gasteiger partial charge >= 0.3 is 12.6 Å². The van der Waals surface area contributed by atoms with Crippen LogP contribution in [0.25, 0.3) is 0 Å². The van der Waals surface area contributed by atoms with E-state index in [1.165, 1.54) is 18.6 Å².